The Bertz CT molecular complexity index is 934. The van der Waals surface area contributed by atoms with E-state index < -0.39 is 32.9 Å². The monoisotopic (exact) mass is 355 g/mol. The molecular formula is C12H14N5O6P. The fourth-order valence-corrected chi connectivity index (χ4v) is 3.10. The van der Waals surface area contributed by atoms with Crippen LogP contribution in [0.2, 0.25) is 0 Å². The van der Waals surface area contributed by atoms with Crippen LogP contribution >= 0.6 is 7.82 Å². The van der Waals surface area contributed by atoms with E-state index in [4.69, 9.17) is 14.5 Å². The van der Waals surface area contributed by atoms with Crippen molar-refractivity contribution in [3.63, 3.8) is 0 Å². The predicted octanol–water partition coefficient (Wildman–Crippen LogP) is -0.163. The molecule has 128 valence electrons. The van der Waals surface area contributed by atoms with E-state index in [1.165, 1.54) is 6.33 Å². The number of aromatic nitrogens is 5. The van der Waals surface area contributed by atoms with Crippen LogP contribution in [-0.2, 0) is 13.8 Å². The van der Waals surface area contributed by atoms with Crippen LogP contribution in [0.5, 0.6) is 0 Å². The second kappa shape index (κ2) is 5.59. The van der Waals surface area contributed by atoms with Gasteiger partial charge in [0, 0.05) is 18.8 Å². The SMILES string of the molecule is O=P(O)(O)OC[C@@H]1O[C@H](n2cnc3c2ncn2ccnc32)C[C@@H]1O. The third-order valence-corrected chi connectivity index (χ3v) is 4.36. The maximum absolute atomic E-state index is 10.8. The van der Waals surface area contributed by atoms with Crippen molar-refractivity contribution in [3.8, 4) is 0 Å². The van der Waals surface area contributed by atoms with E-state index in [1.807, 2.05) is 0 Å². The molecule has 4 rings (SSSR count). The summed E-state index contributed by atoms with van der Waals surface area (Å²) in [6.45, 7) is -0.410. The quantitative estimate of drug-likeness (QED) is 0.543. The zero-order chi connectivity index (χ0) is 16.9. The first-order chi connectivity index (χ1) is 11.4. The first kappa shape index (κ1) is 15.6. The summed E-state index contributed by atoms with van der Waals surface area (Å²) in [5.41, 5.74) is 1.79. The van der Waals surface area contributed by atoms with Crippen LogP contribution < -0.4 is 0 Å². The zero-order valence-corrected chi connectivity index (χ0v) is 13.1. The minimum absolute atomic E-state index is 0.224. The molecule has 0 spiro atoms. The summed E-state index contributed by atoms with van der Waals surface area (Å²) in [6.07, 6.45) is 4.41. The smallest absolute Gasteiger partial charge is 0.390 e. The minimum atomic E-state index is -4.62. The lowest BCUT2D eigenvalue weighted by Gasteiger charge is -2.16. The molecular weight excluding hydrogens is 341 g/mol. The Kier molecular flexibility index (Phi) is 3.64. The average Bonchev–Trinajstić information content (AvgIpc) is 3.20. The molecule has 1 aliphatic heterocycles. The fraction of sp³-hybridized carbons (Fsp3) is 0.417. The van der Waals surface area contributed by atoms with Crippen LogP contribution in [0.4, 0.5) is 0 Å². The average molecular weight is 355 g/mol. The van der Waals surface area contributed by atoms with Gasteiger partial charge in [0.2, 0.25) is 0 Å². The number of fused-ring (bicyclic) bond motifs is 3. The number of hydrogen-bond donors (Lipinski definition) is 3. The second-order valence-corrected chi connectivity index (χ2v) is 6.68. The number of phosphoric acid groups is 1. The Balaban J connectivity index is 1.60. The number of aliphatic hydroxyl groups is 1. The van der Waals surface area contributed by atoms with E-state index >= 15 is 0 Å². The number of aliphatic hydroxyl groups excluding tert-OH is 1. The van der Waals surface area contributed by atoms with Gasteiger partial charge in [0.25, 0.3) is 0 Å². The van der Waals surface area contributed by atoms with Gasteiger partial charge in [-0.15, -0.1) is 0 Å². The molecule has 3 aromatic heterocycles. The topological polar surface area (TPSA) is 144 Å². The molecule has 0 unspecified atom stereocenters. The summed E-state index contributed by atoms with van der Waals surface area (Å²) in [4.78, 5) is 30.4. The largest absolute Gasteiger partial charge is 0.469 e. The van der Waals surface area contributed by atoms with Crippen molar-refractivity contribution in [3.05, 3.63) is 25.0 Å². The van der Waals surface area contributed by atoms with E-state index in [1.54, 1.807) is 27.7 Å². The third-order valence-electron chi connectivity index (χ3n) is 3.87. The molecule has 1 saturated heterocycles. The zero-order valence-electron chi connectivity index (χ0n) is 12.2. The number of imidazole rings is 2. The lowest BCUT2D eigenvalue weighted by Crippen LogP contribution is -2.25. The third kappa shape index (κ3) is 2.71. The molecule has 0 aliphatic carbocycles. The molecule has 24 heavy (non-hydrogen) atoms. The molecule has 0 amide bonds. The van der Waals surface area contributed by atoms with Crippen molar-refractivity contribution in [2.24, 2.45) is 0 Å². The van der Waals surface area contributed by atoms with Gasteiger partial charge < -0.3 is 19.6 Å². The standard InChI is InChI=1S/C12H14N5O6P/c18-7-3-9(23-8(7)4-22-24(19,20)21)17-6-14-10-11-13-1-2-16(11)5-15-12(10)17/h1-2,5-9,18H,3-4H2,(H2,19,20,21)/t7-,8-,9-/m0/s1. The molecule has 11 nitrogen and oxygen atoms in total. The normalized spacial score (nSPS) is 25.0. The van der Waals surface area contributed by atoms with E-state index in [0.29, 0.717) is 16.8 Å². The van der Waals surface area contributed by atoms with Gasteiger partial charge in [-0.1, -0.05) is 0 Å². The Morgan fingerprint density at radius 3 is 2.92 bits per heavy atom. The summed E-state index contributed by atoms with van der Waals surface area (Å²) in [5.74, 6) is 0. The summed E-state index contributed by atoms with van der Waals surface area (Å²) in [6, 6.07) is 0. The summed E-state index contributed by atoms with van der Waals surface area (Å²) < 4.78 is 24.2. The van der Waals surface area contributed by atoms with E-state index in [-0.39, 0.29) is 6.42 Å². The Hall–Kier alpha value is -1.88. The molecule has 0 saturated carbocycles. The molecule has 1 aliphatic rings. The van der Waals surface area contributed by atoms with Gasteiger partial charge in [-0.3, -0.25) is 13.5 Å². The molecule has 12 heteroatoms. The van der Waals surface area contributed by atoms with Gasteiger partial charge in [0.05, 0.1) is 19.0 Å². The number of hydrogen-bond acceptors (Lipinski definition) is 7. The predicted molar refractivity (Wildman–Crippen MR) is 78.8 cm³/mol. The lowest BCUT2D eigenvalue weighted by molar-refractivity contribution is -0.0424. The Morgan fingerprint density at radius 1 is 1.29 bits per heavy atom. The lowest BCUT2D eigenvalue weighted by atomic mass is 10.2. The van der Waals surface area contributed by atoms with E-state index in [2.05, 4.69) is 19.5 Å². The minimum Gasteiger partial charge on any atom is -0.390 e. The summed E-state index contributed by atoms with van der Waals surface area (Å²) in [7, 11) is -4.62. The van der Waals surface area contributed by atoms with Crippen LogP contribution in [0.3, 0.4) is 0 Å². The summed E-state index contributed by atoms with van der Waals surface area (Å²) in [5, 5.41) is 10.0. The highest BCUT2D eigenvalue weighted by atomic mass is 31.2. The first-order valence-corrected chi connectivity index (χ1v) is 8.63. The van der Waals surface area contributed by atoms with Crippen LogP contribution in [0.1, 0.15) is 12.6 Å². The van der Waals surface area contributed by atoms with Crippen molar-refractivity contribution in [1.82, 2.24) is 23.9 Å². The highest BCUT2D eigenvalue weighted by Crippen LogP contribution is 2.38. The highest BCUT2D eigenvalue weighted by molar-refractivity contribution is 7.46. The van der Waals surface area contributed by atoms with Crippen LogP contribution in [0.15, 0.2) is 25.0 Å². The number of phosphoric ester groups is 1. The Labute approximate surface area is 134 Å². The molecule has 3 aromatic rings. The summed E-state index contributed by atoms with van der Waals surface area (Å²) >= 11 is 0. The van der Waals surface area contributed by atoms with Gasteiger partial charge in [-0.05, 0) is 0 Å². The Morgan fingerprint density at radius 2 is 2.12 bits per heavy atom. The van der Waals surface area contributed by atoms with Crippen molar-refractivity contribution in [1.29, 1.82) is 0 Å². The van der Waals surface area contributed by atoms with Gasteiger partial charge in [-0.25, -0.2) is 19.5 Å². The van der Waals surface area contributed by atoms with E-state index in [9.17, 15) is 9.67 Å². The molecule has 4 heterocycles. The molecule has 3 N–H and O–H groups in total. The molecule has 0 bridgehead atoms. The van der Waals surface area contributed by atoms with Gasteiger partial charge in [0.15, 0.2) is 16.8 Å². The van der Waals surface area contributed by atoms with Gasteiger partial charge in [0.1, 0.15) is 18.7 Å². The van der Waals surface area contributed by atoms with E-state index in [0.717, 1.165) is 0 Å². The highest BCUT2D eigenvalue weighted by Gasteiger charge is 2.37. The van der Waals surface area contributed by atoms with Crippen LogP contribution in [0, 0.1) is 0 Å². The number of rotatable bonds is 4. The maximum atomic E-state index is 10.8. The van der Waals surface area contributed by atoms with Gasteiger partial charge >= 0.3 is 7.82 Å². The van der Waals surface area contributed by atoms with Gasteiger partial charge in [-0.2, -0.15) is 0 Å². The van der Waals surface area contributed by atoms with Crippen molar-refractivity contribution in [2.75, 3.05) is 6.61 Å². The molecule has 0 radical (unpaired) electrons. The fourth-order valence-electron chi connectivity index (χ4n) is 2.76. The van der Waals surface area contributed by atoms with Crippen LogP contribution in [0.25, 0.3) is 16.8 Å². The first-order valence-electron chi connectivity index (χ1n) is 7.10. The van der Waals surface area contributed by atoms with Crippen LogP contribution in [-0.4, -0.2) is 57.6 Å². The second-order valence-electron chi connectivity index (χ2n) is 5.45. The van der Waals surface area contributed by atoms with Crippen molar-refractivity contribution in [2.45, 2.75) is 24.9 Å². The van der Waals surface area contributed by atoms with Crippen molar-refractivity contribution < 1.29 is 28.7 Å². The molecule has 3 atom stereocenters. The number of ether oxygens (including phenoxy) is 1. The number of nitrogens with zero attached hydrogens (tertiary/aromatic N) is 5. The van der Waals surface area contributed by atoms with Crippen molar-refractivity contribution >= 4 is 24.6 Å². The molecule has 1 fully saturated rings. The molecule has 0 aromatic carbocycles. The maximum Gasteiger partial charge on any atom is 0.469 e.